The number of hydrogen-bond donors (Lipinski definition) is 1. The van der Waals surface area contributed by atoms with E-state index in [0.717, 1.165) is 44.1 Å². The molecule has 0 aliphatic carbocycles. The monoisotopic (exact) mass is 235 g/mol. The number of pyridine rings is 1. The van der Waals surface area contributed by atoms with Crippen molar-refractivity contribution in [2.24, 2.45) is 0 Å². The highest BCUT2D eigenvalue weighted by atomic mass is 16.3. The summed E-state index contributed by atoms with van der Waals surface area (Å²) in [5.74, 6) is 0. The number of aliphatic hydroxyl groups is 1. The standard InChI is InChI=1S/C13H21N3O/c1-3-15-6-8-16(9-7-15)12-4-5-13(11(2)17)14-10-12/h4-5,10-11,17H,3,6-9H2,1-2H3/t11-/m0/s1. The Morgan fingerprint density at radius 2 is 2.00 bits per heavy atom. The Morgan fingerprint density at radius 3 is 2.47 bits per heavy atom. The number of aromatic nitrogens is 1. The molecule has 0 aromatic carbocycles. The normalized spacial score (nSPS) is 19.4. The summed E-state index contributed by atoms with van der Waals surface area (Å²) >= 11 is 0. The van der Waals surface area contributed by atoms with Gasteiger partial charge in [-0.15, -0.1) is 0 Å². The van der Waals surface area contributed by atoms with Crippen LogP contribution >= 0.6 is 0 Å². The molecule has 1 atom stereocenters. The van der Waals surface area contributed by atoms with Crippen LogP contribution in [0.1, 0.15) is 25.6 Å². The maximum Gasteiger partial charge on any atom is 0.0931 e. The van der Waals surface area contributed by atoms with Gasteiger partial charge in [0, 0.05) is 26.2 Å². The molecule has 0 radical (unpaired) electrons. The number of aliphatic hydroxyl groups excluding tert-OH is 1. The van der Waals surface area contributed by atoms with Crippen molar-refractivity contribution in [3.63, 3.8) is 0 Å². The second-order valence-corrected chi connectivity index (χ2v) is 4.54. The summed E-state index contributed by atoms with van der Waals surface area (Å²) in [6, 6.07) is 3.96. The molecule has 0 unspecified atom stereocenters. The van der Waals surface area contributed by atoms with Crippen LogP contribution in [0.5, 0.6) is 0 Å². The van der Waals surface area contributed by atoms with Gasteiger partial charge in [-0.1, -0.05) is 6.92 Å². The third-order valence-corrected chi connectivity index (χ3v) is 3.38. The van der Waals surface area contributed by atoms with Crippen LogP contribution in [-0.2, 0) is 0 Å². The van der Waals surface area contributed by atoms with Gasteiger partial charge in [0.2, 0.25) is 0 Å². The Bertz CT molecular complexity index is 342. The van der Waals surface area contributed by atoms with Crippen LogP contribution in [0.3, 0.4) is 0 Å². The van der Waals surface area contributed by atoms with Gasteiger partial charge in [-0.25, -0.2) is 0 Å². The lowest BCUT2D eigenvalue weighted by molar-refractivity contribution is 0.194. The Labute approximate surface area is 103 Å². The first-order chi connectivity index (χ1) is 8.20. The Morgan fingerprint density at radius 1 is 1.29 bits per heavy atom. The number of anilines is 1. The summed E-state index contributed by atoms with van der Waals surface area (Å²) in [6.45, 7) is 9.43. The van der Waals surface area contributed by atoms with E-state index in [9.17, 15) is 5.11 Å². The Balaban J connectivity index is 1.99. The van der Waals surface area contributed by atoms with Crippen LogP contribution in [0, 0.1) is 0 Å². The van der Waals surface area contributed by atoms with Gasteiger partial charge in [0.1, 0.15) is 0 Å². The second-order valence-electron chi connectivity index (χ2n) is 4.54. The average Bonchev–Trinajstić information content (AvgIpc) is 2.39. The first-order valence-electron chi connectivity index (χ1n) is 6.32. The number of hydrogen-bond acceptors (Lipinski definition) is 4. The molecule has 1 aliphatic heterocycles. The van der Waals surface area contributed by atoms with Crippen molar-refractivity contribution in [1.29, 1.82) is 0 Å². The Kier molecular flexibility index (Phi) is 3.97. The SMILES string of the molecule is CCN1CCN(c2ccc([C@H](C)O)nc2)CC1. The lowest BCUT2D eigenvalue weighted by Crippen LogP contribution is -2.46. The van der Waals surface area contributed by atoms with E-state index in [-0.39, 0.29) is 0 Å². The molecule has 1 aromatic rings. The van der Waals surface area contributed by atoms with E-state index in [0.29, 0.717) is 0 Å². The molecule has 1 fully saturated rings. The number of piperazine rings is 1. The van der Waals surface area contributed by atoms with E-state index in [1.165, 1.54) is 0 Å². The van der Waals surface area contributed by atoms with Crippen molar-refractivity contribution in [2.75, 3.05) is 37.6 Å². The minimum atomic E-state index is -0.485. The van der Waals surface area contributed by atoms with Gasteiger partial charge in [-0.05, 0) is 25.6 Å². The van der Waals surface area contributed by atoms with Crippen LogP contribution in [0.2, 0.25) is 0 Å². The molecule has 1 aliphatic rings. The van der Waals surface area contributed by atoms with Crippen molar-refractivity contribution in [3.05, 3.63) is 24.0 Å². The maximum absolute atomic E-state index is 9.41. The zero-order valence-corrected chi connectivity index (χ0v) is 10.6. The van der Waals surface area contributed by atoms with E-state index >= 15 is 0 Å². The van der Waals surface area contributed by atoms with E-state index in [1.54, 1.807) is 6.92 Å². The topological polar surface area (TPSA) is 39.6 Å². The third kappa shape index (κ3) is 2.96. The molecule has 4 heteroatoms. The van der Waals surface area contributed by atoms with Gasteiger partial charge < -0.3 is 14.9 Å². The van der Waals surface area contributed by atoms with Crippen LogP contribution in [0.25, 0.3) is 0 Å². The van der Waals surface area contributed by atoms with E-state index in [4.69, 9.17) is 0 Å². The first kappa shape index (κ1) is 12.3. The zero-order valence-electron chi connectivity index (χ0n) is 10.6. The number of nitrogens with zero attached hydrogens (tertiary/aromatic N) is 3. The van der Waals surface area contributed by atoms with Crippen molar-refractivity contribution in [1.82, 2.24) is 9.88 Å². The molecular weight excluding hydrogens is 214 g/mol. The summed E-state index contributed by atoms with van der Waals surface area (Å²) in [7, 11) is 0. The summed E-state index contributed by atoms with van der Waals surface area (Å²) in [5.41, 5.74) is 1.89. The number of likely N-dealkylation sites (N-methyl/N-ethyl adjacent to an activating group) is 1. The highest BCUT2D eigenvalue weighted by Gasteiger charge is 2.16. The third-order valence-electron chi connectivity index (χ3n) is 3.38. The Hall–Kier alpha value is -1.13. The fourth-order valence-electron chi connectivity index (χ4n) is 2.15. The lowest BCUT2D eigenvalue weighted by atomic mass is 10.2. The zero-order chi connectivity index (χ0) is 12.3. The van der Waals surface area contributed by atoms with Crippen molar-refractivity contribution in [2.45, 2.75) is 20.0 Å². The van der Waals surface area contributed by atoms with Gasteiger partial charge in [-0.2, -0.15) is 0 Å². The molecule has 2 rings (SSSR count). The first-order valence-corrected chi connectivity index (χ1v) is 6.32. The molecule has 17 heavy (non-hydrogen) atoms. The minimum Gasteiger partial charge on any atom is -0.387 e. The van der Waals surface area contributed by atoms with Gasteiger partial charge >= 0.3 is 0 Å². The molecule has 0 spiro atoms. The highest BCUT2D eigenvalue weighted by molar-refractivity contribution is 5.45. The molecule has 1 N–H and O–H groups in total. The second kappa shape index (κ2) is 5.47. The van der Waals surface area contributed by atoms with Crippen molar-refractivity contribution in [3.8, 4) is 0 Å². The molecule has 2 heterocycles. The summed E-state index contributed by atoms with van der Waals surface area (Å²) in [4.78, 5) is 9.09. The fourth-order valence-corrected chi connectivity index (χ4v) is 2.15. The molecule has 0 saturated carbocycles. The van der Waals surface area contributed by atoms with Gasteiger partial charge in [0.05, 0.1) is 23.7 Å². The van der Waals surface area contributed by atoms with Crippen LogP contribution in [0.15, 0.2) is 18.3 Å². The molecule has 94 valence electrons. The fraction of sp³-hybridized carbons (Fsp3) is 0.615. The predicted molar refractivity (Wildman–Crippen MR) is 69.2 cm³/mol. The summed E-state index contributed by atoms with van der Waals surface area (Å²) in [6.07, 6.45) is 1.38. The minimum absolute atomic E-state index is 0.485. The molecule has 1 aromatic heterocycles. The molecular formula is C13H21N3O. The molecule has 4 nitrogen and oxygen atoms in total. The van der Waals surface area contributed by atoms with E-state index < -0.39 is 6.10 Å². The highest BCUT2D eigenvalue weighted by Crippen LogP contribution is 2.17. The van der Waals surface area contributed by atoms with Crippen LogP contribution in [0.4, 0.5) is 5.69 Å². The quantitative estimate of drug-likeness (QED) is 0.856. The molecule has 0 amide bonds. The largest absolute Gasteiger partial charge is 0.387 e. The van der Waals surface area contributed by atoms with Crippen molar-refractivity contribution < 1.29 is 5.11 Å². The van der Waals surface area contributed by atoms with Crippen LogP contribution < -0.4 is 4.90 Å². The summed E-state index contributed by atoms with van der Waals surface area (Å²) in [5, 5.41) is 9.41. The smallest absolute Gasteiger partial charge is 0.0931 e. The lowest BCUT2D eigenvalue weighted by Gasteiger charge is -2.35. The average molecular weight is 235 g/mol. The molecule has 1 saturated heterocycles. The van der Waals surface area contributed by atoms with Crippen molar-refractivity contribution >= 4 is 5.69 Å². The van der Waals surface area contributed by atoms with E-state index in [2.05, 4.69) is 27.8 Å². The van der Waals surface area contributed by atoms with Crippen LogP contribution in [-0.4, -0.2) is 47.7 Å². The van der Waals surface area contributed by atoms with Gasteiger partial charge in [0.15, 0.2) is 0 Å². The predicted octanol–water partition coefficient (Wildman–Crippen LogP) is 1.28. The maximum atomic E-state index is 9.41. The molecule has 0 bridgehead atoms. The van der Waals surface area contributed by atoms with Gasteiger partial charge in [-0.3, -0.25) is 4.98 Å². The number of rotatable bonds is 3. The van der Waals surface area contributed by atoms with E-state index in [1.807, 2.05) is 12.3 Å². The van der Waals surface area contributed by atoms with Gasteiger partial charge in [0.25, 0.3) is 0 Å². The summed E-state index contributed by atoms with van der Waals surface area (Å²) < 4.78 is 0.